The van der Waals surface area contributed by atoms with E-state index in [4.69, 9.17) is 19.8 Å². The highest BCUT2D eigenvalue weighted by atomic mass is 19.4. The van der Waals surface area contributed by atoms with E-state index in [9.17, 15) is 22.4 Å². The van der Waals surface area contributed by atoms with E-state index >= 15 is 0 Å². The van der Waals surface area contributed by atoms with E-state index in [1.807, 2.05) is 16.8 Å². The molecule has 0 saturated carbocycles. The van der Waals surface area contributed by atoms with Gasteiger partial charge in [-0.25, -0.2) is 4.39 Å². The summed E-state index contributed by atoms with van der Waals surface area (Å²) in [5.41, 5.74) is 0.00342. The number of anilines is 2. The van der Waals surface area contributed by atoms with E-state index in [0.29, 0.717) is 68.0 Å². The summed E-state index contributed by atoms with van der Waals surface area (Å²) < 4.78 is 64.2. The summed E-state index contributed by atoms with van der Waals surface area (Å²) in [6, 6.07) is 1.35. The fraction of sp³-hybridized carbons (Fsp3) is 0.548. The molecule has 2 aromatic heterocycles. The van der Waals surface area contributed by atoms with Gasteiger partial charge in [-0.15, -0.1) is 0 Å². The van der Waals surface area contributed by atoms with Crippen molar-refractivity contribution in [3.05, 3.63) is 46.8 Å². The van der Waals surface area contributed by atoms with E-state index < -0.39 is 17.4 Å². The monoisotopic (exact) mass is 646 g/mol. The molecule has 6 rings (SSSR count). The molecule has 0 aliphatic carbocycles. The third-order valence-corrected chi connectivity index (χ3v) is 9.06. The normalized spacial score (nSPS) is 22.7. The quantitative estimate of drug-likeness (QED) is 0.295. The zero-order valence-corrected chi connectivity index (χ0v) is 26.1. The van der Waals surface area contributed by atoms with Crippen molar-refractivity contribution in [1.29, 1.82) is 0 Å². The van der Waals surface area contributed by atoms with E-state index in [2.05, 4.69) is 10.2 Å². The summed E-state index contributed by atoms with van der Waals surface area (Å²) in [7, 11) is 1.84. The number of H-pyrrole nitrogens is 1. The smallest absolute Gasteiger partial charge is 0.418 e. The number of nitrogens with one attached hydrogen (secondary N) is 1. The molecule has 0 radical (unpaired) electrons. The lowest BCUT2D eigenvalue weighted by atomic mass is 9.98. The van der Waals surface area contributed by atoms with Crippen LogP contribution < -0.4 is 14.5 Å². The van der Waals surface area contributed by atoms with Crippen LogP contribution >= 0.6 is 0 Å². The van der Waals surface area contributed by atoms with Crippen molar-refractivity contribution in [2.45, 2.75) is 51.1 Å². The topological polar surface area (TPSA) is 114 Å². The fourth-order valence-corrected chi connectivity index (χ4v) is 6.91. The number of aliphatic hydroxyl groups is 1. The van der Waals surface area contributed by atoms with Crippen molar-refractivity contribution in [3.63, 3.8) is 0 Å². The maximum absolute atomic E-state index is 14.7. The second-order valence-corrected chi connectivity index (χ2v) is 12.6. The first kappa shape index (κ1) is 32.0. The van der Waals surface area contributed by atoms with Crippen molar-refractivity contribution >= 4 is 28.3 Å². The maximum atomic E-state index is 14.7. The number of amides is 1. The van der Waals surface area contributed by atoms with E-state index in [-0.39, 0.29) is 55.5 Å². The van der Waals surface area contributed by atoms with Crippen molar-refractivity contribution < 1.29 is 32.2 Å². The molecule has 2 atom stereocenters. The van der Waals surface area contributed by atoms with Gasteiger partial charge in [0.05, 0.1) is 41.8 Å². The number of aliphatic hydroxyl groups excluding tert-OH is 1. The average molecular weight is 647 g/mol. The number of nitrogens with zero attached hydrogens (tertiary/aromatic N) is 7. The highest BCUT2D eigenvalue weighted by molar-refractivity contribution is 5.95. The second kappa shape index (κ2) is 12.3. The minimum Gasteiger partial charge on any atom is -0.462 e. The largest absolute Gasteiger partial charge is 0.462 e. The molecule has 0 spiro atoms. The molecule has 3 aliphatic heterocycles. The number of carbonyl (C=O) groups is 1. The molecule has 2 N–H and O–H groups in total. The van der Waals surface area contributed by atoms with Crippen LogP contribution in [0.1, 0.15) is 35.7 Å². The molecule has 11 nitrogen and oxygen atoms in total. The number of likely N-dealkylation sites (tertiary alicyclic amines) is 1. The summed E-state index contributed by atoms with van der Waals surface area (Å²) in [4.78, 5) is 29.3. The predicted molar refractivity (Wildman–Crippen MR) is 164 cm³/mol. The molecule has 248 valence electrons. The molecule has 0 bridgehead atoms. The van der Waals surface area contributed by atoms with Gasteiger partial charge in [0.1, 0.15) is 18.1 Å². The number of likely N-dealkylation sites (N-methyl/N-ethyl adjacent to an activating group) is 1. The maximum Gasteiger partial charge on any atom is 0.418 e. The number of fused-ring (bicyclic) bond motifs is 2. The Morgan fingerprint density at radius 2 is 1.96 bits per heavy atom. The molecule has 1 amide bonds. The lowest BCUT2D eigenvalue weighted by Gasteiger charge is -2.38. The van der Waals surface area contributed by atoms with Crippen LogP contribution in [0.15, 0.2) is 24.4 Å². The number of aryl methyl sites for hydroxylation is 1. The van der Waals surface area contributed by atoms with Crippen LogP contribution in [0.5, 0.6) is 6.01 Å². The van der Waals surface area contributed by atoms with Crippen LogP contribution in [0.4, 0.5) is 29.1 Å². The van der Waals surface area contributed by atoms with Crippen molar-refractivity contribution in [3.8, 4) is 6.01 Å². The Morgan fingerprint density at radius 1 is 1.20 bits per heavy atom. The molecule has 3 aliphatic rings. The van der Waals surface area contributed by atoms with Crippen molar-refractivity contribution in [2.24, 2.45) is 0 Å². The predicted octanol–water partition coefficient (Wildman–Crippen LogP) is 3.25. The number of benzene rings is 1. The molecule has 2 saturated heterocycles. The summed E-state index contributed by atoms with van der Waals surface area (Å²) in [6.07, 6.45) is 0.264. The molecule has 1 unspecified atom stereocenters. The van der Waals surface area contributed by atoms with Crippen LogP contribution in [-0.2, 0) is 23.9 Å². The Balaban J connectivity index is 1.33. The Labute approximate surface area is 263 Å². The number of ether oxygens (including phenoxy) is 1. The minimum atomic E-state index is -4.59. The highest BCUT2D eigenvalue weighted by Crippen LogP contribution is 2.44. The Kier molecular flexibility index (Phi) is 8.57. The Bertz CT molecular complexity index is 1630. The third-order valence-electron chi connectivity index (χ3n) is 9.06. The van der Waals surface area contributed by atoms with Gasteiger partial charge in [0.2, 0.25) is 5.91 Å². The molecule has 5 heterocycles. The number of aromatic nitrogens is 4. The molecule has 1 aromatic carbocycles. The van der Waals surface area contributed by atoms with Gasteiger partial charge in [0, 0.05) is 68.8 Å². The van der Waals surface area contributed by atoms with E-state index in [1.54, 1.807) is 16.7 Å². The second-order valence-electron chi connectivity index (χ2n) is 12.6. The number of hydrogen-bond acceptors (Lipinski definition) is 9. The average Bonchev–Trinajstić information content (AvgIpc) is 3.58. The third kappa shape index (κ3) is 6.34. The van der Waals surface area contributed by atoms with Gasteiger partial charge in [-0.05, 0) is 38.9 Å². The Morgan fingerprint density at radius 3 is 2.63 bits per heavy atom. The lowest BCUT2D eigenvalue weighted by molar-refractivity contribution is -0.137. The van der Waals surface area contributed by atoms with E-state index in [1.165, 1.54) is 31.3 Å². The SMILES string of the molecule is Cc1cc2[nH]ncc2c(N2CCc3c(nc(OC[C@@H]4CC(C)(F)CN4C)nc3N3CCN(C(=O)/C=C/CO)CC3)C2)c1C(F)(F)F. The lowest BCUT2D eigenvalue weighted by Crippen LogP contribution is -2.49. The van der Waals surface area contributed by atoms with Crippen LogP contribution in [0.2, 0.25) is 0 Å². The summed E-state index contributed by atoms with van der Waals surface area (Å²) in [6.45, 7) is 5.41. The van der Waals surface area contributed by atoms with Gasteiger partial charge in [-0.1, -0.05) is 6.08 Å². The fourth-order valence-electron chi connectivity index (χ4n) is 6.91. The van der Waals surface area contributed by atoms with Gasteiger partial charge in [0.15, 0.2) is 0 Å². The molecule has 3 aromatic rings. The molecule has 46 heavy (non-hydrogen) atoms. The molecular weight excluding hydrogens is 608 g/mol. The van der Waals surface area contributed by atoms with Crippen molar-refractivity contribution in [1.82, 2.24) is 30.0 Å². The summed E-state index contributed by atoms with van der Waals surface area (Å²) >= 11 is 0. The van der Waals surface area contributed by atoms with Gasteiger partial charge in [-0.3, -0.25) is 14.8 Å². The first-order valence-electron chi connectivity index (χ1n) is 15.4. The molecule has 2 fully saturated rings. The number of piperazine rings is 1. The summed E-state index contributed by atoms with van der Waals surface area (Å²) in [5.74, 6) is 0.435. The number of rotatable bonds is 7. The number of halogens is 4. The van der Waals surface area contributed by atoms with Crippen LogP contribution in [0, 0.1) is 6.92 Å². The van der Waals surface area contributed by atoms with Gasteiger partial charge in [-0.2, -0.15) is 28.2 Å². The van der Waals surface area contributed by atoms with Gasteiger partial charge >= 0.3 is 12.2 Å². The zero-order chi connectivity index (χ0) is 32.8. The first-order chi connectivity index (χ1) is 21.8. The Hall–Kier alpha value is -3.98. The highest BCUT2D eigenvalue weighted by Gasteiger charge is 2.41. The number of carbonyl (C=O) groups excluding carboxylic acids is 1. The van der Waals surface area contributed by atoms with Crippen LogP contribution in [0.25, 0.3) is 10.9 Å². The van der Waals surface area contributed by atoms with E-state index in [0.717, 1.165) is 5.56 Å². The van der Waals surface area contributed by atoms with Crippen LogP contribution in [0.3, 0.4) is 0 Å². The number of aromatic amines is 1. The van der Waals surface area contributed by atoms with Crippen molar-refractivity contribution in [2.75, 3.05) is 69.3 Å². The van der Waals surface area contributed by atoms with Gasteiger partial charge in [0.25, 0.3) is 0 Å². The zero-order valence-electron chi connectivity index (χ0n) is 26.1. The number of hydrogen-bond donors (Lipinski definition) is 2. The van der Waals surface area contributed by atoms with Crippen LogP contribution in [-0.4, -0.2) is 112 Å². The standard InChI is InChI=1S/C31H38F4N8O3/c1-19-13-23-22(15-36-39-23)27(26(19)31(33,34)35)43-7-6-21-24(16-43)37-29(46-17-20-14-30(2,32)18-40(20)3)38-28(21)42-10-8-41(9-11-42)25(45)5-4-12-44/h4-5,13,15,20,44H,6-12,14,16-18H2,1-3H3,(H,36,39)/b5-4+/t20-,30?/m0/s1. The molecular formula is C31H38F4N8O3. The number of alkyl halides is 4. The summed E-state index contributed by atoms with van der Waals surface area (Å²) in [5, 5.41) is 16.2. The minimum absolute atomic E-state index is 0.0578. The first-order valence-corrected chi connectivity index (χ1v) is 15.4. The molecule has 15 heteroatoms. The van der Waals surface area contributed by atoms with Gasteiger partial charge < -0.3 is 24.5 Å².